The Labute approximate surface area is 178 Å². The molecule has 2 aromatic heterocycles. The third-order valence-corrected chi connectivity index (χ3v) is 5.35. The molecule has 4 N–H and O–H groups in total. The number of rotatable bonds is 8. The van der Waals surface area contributed by atoms with Gasteiger partial charge in [-0.05, 0) is 12.5 Å². The normalized spacial score (nSPS) is 25.3. The second-order valence-electron chi connectivity index (χ2n) is 7.39. The molecule has 1 aliphatic heterocycles. The van der Waals surface area contributed by atoms with Crippen molar-refractivity contribution in [3.8, 4) is 12.1 Å². The van der Waals surface area contributed by atoms with E-state index in [9.17, 15) is 25.5 Å². The molecule has 31 heavy (non-hydrogen) atoms. The van der Waals surface area contributed by atoms with Crippen LogP contribution in [0.5, 0.6) is 0 Å². The van der Waals surface area contributed by atoms with E-state index >= 15 is 0 Å². The van der Waals surface area contributed by atoms with Crippen LogP contribution in [0.15, 0.2) is 12.4 Å². The van der Waals surface area contributed by atoms with Crippen molar-refractivity contribution in [2.45, 2.75) is 62.9 Å². The van der Waals surface area contributed by atoms with Crippen molar-refractivity contribution >= 4 is 17.3 Å². The molecule has 0 aromatic carbocycles. The second-order valence-corrected chi connectivity index (χ2v) is 7.39. The van der Waals surface area contributed by atoms with Crippen LogP contribution in [0.2, 0.25) is 0 Å². The maximum absolute atomic E-state index is 11.9. The molecule has 3 heterocycles. The topological polar surface area (TPSA) is 180 Å². The van der Waals surface area contributed by atoms with Crippen LogP contribution in [0.4, 0.5) is 5.82 Å². The quantitative estimate of drug-likeness (QED) is 0.396. The summed E-state index contributed by atoms with van der Waals surface area (Å²) in [6, 6.07) is 5.13. The summed E-state index contributed by atoms with van der Waals surface area (Å²) in [7, 11) is 0. The molecule has 0 saturated carbocycles. The van der Waals surface area contributed by atoms with E-state index < -0.39 is 29.9 Å². The molecule has 0 amide bonds. The smallest absolute Gasteiger partial charge is 0.305 e. The number of esters is 1. The average Bonchev–Trinajstić information content (AvgIpc) is 3.27. The number of ether oxygens (including phenoxy) is 2. The van der Waals surface area contributed by atoms with E-state index in [-0.39, 0.29) is 35.6 Å². The third kappa shape index (κ3) is 4.03. The first-order valence-electron chi connectivity index (χ1n) is 10.0. The fourth-order valence-electron chi connectivity index (χ4n) is 3.68. The van der Waals surface area contributed by atoms with Crippen molar-refractivity contribution in [2.24, 2.45) is 0 Å². The number of anilines is 1. The van der Waals surface area contributed by atoms with Gasteiger partial charge in [0.15, 0.2) is 5.82 Å². The average molecular weight is 428 g/mol. The summed E-state index contributed by atoms with van der Waals surface area (Å²) in [5, 5.41) is 44.5. The molecule has 0 radical (unpaired) electrons. The van der Waals surface area contributed by atoms with Gasteiger partial charge < -0.3 is 25.4 Å². The van der Waals surface area contributed by atoms with E-state index in [2.05, 4.69) is 17.0 Å². The van der Waals surface area contributed by atoms with Crippen LogP contribution in [0.1, 0.15) is 50.3 Å². The first-order chi connectivity index (χ1) is 14.9. The number of fused-ring (bicyclic) bond motifs is 1. The van der Waals surface area contributed by atoms with Gasteiger partial charge in [0.2, 0.25) is 5.60 Å². The lowest BCUT2D eigenvalue weighted by Gasteiger charge is -2.24. The number of carbonyl (C=O) groups excluding carboxylic acids is 1. The summed E-state index contributed by atoms with van der Waals surface area (Å²) in [6.07, 6.45) is 0.701. The Morgan fingerprint density at radius 3 is 2.84 bits per heavy atom. The summed E-state index contributed by atoms with van der Waals surface area (Å²) >= 11 is 0. The number of carbonyl (C=O) groups is 1. The molecule has 1 unspecified atom stereocenters. The molecule has 0 bridgehead atoms. The van der Waals surface area contributed by atoms with Gasteiger partial charge in [0.05, 0.1) is 11.3 Å². The number of nitriles is 2. The molecule has 0 aliphatic carbocycles. The van der Waals surface area contributed by atoms with Gasteiger partial charge in [-0.3, -0.25) is 4.79 Å². The fourth-order valence-corrected chi connectivity index (χ4v) is 3.68. The van der Waals surface area contributed by atoms with Crippen molar-refractivity contribution in [3.05, 3.63) is 23.7 Å². The van der Waals surface area contributed by atoms with E-state index in [1.807, 2.05) is 12.1 Å². The molecular weight excluding hydrogens is 404 g/mol. The Kier molecular flexibility index (Phi) is 6.71. The van der Waals surface area contributed by atoms with E-state index in [1.54, 1.807) is 0 Å². The molecule has 1 aliphatic rings. The molecule has 0 spiro atoms. The molecule has 11 nitrogen and oxygen atoms in total. The maximum atomic E-state index is 11.9. The first kappa shape index (κ1) is 22.4. The van der Waals surface area contributed by atoms with Gasteiger partial charge in [-0.1, -0.05) is 26.2 Å². The molecule has 1 saturated heterocycles. The van der Waals surface area contributed by atoms with Crippen molar-refractivity contribution in [1.82, 2.24) is 14.6 Å². The molecule has 164 valence electrons. The van der Waals surface area contributed by atoms with Crippen LogP contribution in [0.3, 0.4) is 0 Å². The lowest BCUT2D eigenvalue weighted by atomic mass is 9.92. The highest BCUT2D eigenvalue weighted by Crippen LogP contribution is 2.41. The summed E-state index contributed by atoms with van der Waals surface area (Å²) in [5.74, 6) is -0.441. The lowest BCUT2D eigenvalue weighted by Crippen LogP contribution is -2.41. The summed E-state index contributed by atoms with van der Waals surface area (Å²) in [4.78, 5) is 15.8. The number of nitrogens with two attached hydrogens (primary N) is 1. The summed E-state index contributed by atoms with van der Waals surface area (Å²) in [5.41, 5.74) is 4.03. The van der Waals surface area contributed by atoms with Crippen molar-refractivity contribution in [1.29, 1.82) is 10.5 Å². The number of hydrogen-bond donors (Lipinski definition) is 3. The molecule has 2 aromatic rings. The van der Waals surface area contributed by atoms with Gasteiger partial charge >= 0.3 is 5.97 Å². The zero-order valence-electron chi connectivity index (χ0n) is 17.1. The largest absolute Gasteiger partial charge is 0.463 e. The standard InChI is InChI=1S/C20H24N6O5/c1-2-3-4-5-6-15(27)30-9-13-17(28)18(29)20(10-22,31-13)14-7-12(8-21)16-19(23)24-11-25-26(14)16/h7,11,13,17-18,28-29H,2-6,9H2,1H3,(H2,23,24,25)/t13-,17-,18-,20?/m1/s1. The number of aromatic nitrogens is 3. The summed E-state index contributed by atoms with van der Waals surface area (Å²) in [6.45, 7) is 1.73. The Morgan fingerprint density at radius 2 is 2.16 bits per heavy atom. The van der Waals surface area contributed by atoms with E-state index in [0.717, 1.165) is 25.6 Å². The zero-order valence-corrected chi connectivity index (χ0v) is 17.1. The van der Waals surface area contributed by atoms with Gasteiger partial charge in [-0.2, -0.15) is 15.6 Å². The van der Waals surface area contributed by atoms with Gasteiger partial charge in [0.25, 0.3) is 0 Å². The lowest BCUT2D eigenvalue weighted by molar-refractivity contribution is -0.150. The van der Waals surface area contributed by atoms with Crippen LogP contribution in [0.25, 0.3) is 5.52 Å². The maximum Gasteiger partial charge on any atom is 0.305 e. The van der Waals surface area contributed by atoms with Crippen molar-refractivity contribution in [2.75, 3.05) is 12.3 Å². The minimum atomic E-state index is -2.06. The van der Waals surface area contributed by atoms with Gasteiger partial charge in [0, 0.05) is 6.42 Å². The molecule has 3 rings (SSSR count). The SMILES string of the molecule is CCCCCCC(=O)OC[C@H]1OC(C#N)(c2cc(C#N)c3c(N)ncnn23)[C@H](O)[C@@H]1O. The Bertz CT molecular complexity index is 1040. The number of nitrogen functional groups attached to an aromatic ring is 1. The predicted molar refractivity (Wildman–Crippen MR) is 106 cm³/mol. The van der Waals surface area contributed by atoms with Crippen molar-refractivity contribution in [3.63, 3.8) is 0 Å². The monoisotopic (exact) mass is 428 g/mol. The number of nitrogens with zero attached hydrogens (tertiary/aromatic N) is 5. The van der Waals surface area contributed by atoms with Crippen LogP contribution >= 0.6 is 0 Å². The Balaban J connectivity index is 1.83. The minimum Gasteiger partial charge on any atom is -0.463 e. The highest BCUT2D eigenvalue weighted by Gasteiger charge is 2.58. The zero-order chi connectivity index (χ0) is 22.6. The molecule has 1 fully saturated rings. The van der Waals surface area contributed by atoms with Crippen LogP contribution in [0, 0.1) is 22.7 Å². The number of aliphatic hydroxyl groups excluding tert-OH is 2. The second kappa shape index (κ2) is 9.27. The fraction of sp³-hybridized carbons (Fsp3) is 0.550. The Hall–Kier alpha value is -3.25. The van der Waals surface area contributed by atoms with Crippen LogP contribution in [-0.4, -0.2) is 55.7 Å². The van der Waals surface area contributed by atoms with Gasteiger partial charge in [-0.25, -0.2) is 9.50 Å². The Morgan fingerprint density at radius 1 is 1.39 bits per heavy atom. The van der Waals surface area contributed by atoms with Crippen molar-refractivity contribution < 1.29 is 24.5 Å². The number of aliphatic hydroxyl groups is 2. The van der Waals surface area contributed by atoms with E-state index in [4.69, 9.17) is 15.2 Å². The summed E-state index contributed by atoms with van der Waals surface area (Å²) < 4.78 is 12.1. The third-order valence-electron chi connectivity index (χ3n) is 5.35. The predicted octanol–water partition coefficient (Wildman–Crippen LogP) is 0.536. The van der Waals surface area contributed by atoms with Gasteiger partial charge in [0.1, 0.15) is 48.9 Å². The molecule has 4 atom stereocenters. The van der Waals surface area contributed by atoms with E-state index in [0.29, 0.717) is 6.42 Å². The number of hydrogen-bond acceptors (Lipinski definition) is 10. The minimum absolute atomic E-state index is 0.00692. The highest BCUT2D eigenvalue weighted by molar-refractivity contribution is 5.75. The van der Waals surface area contributed by atoms with Gasteiger partial charge in [-0.15, -0.1) is 0 Å². The molecule has 11 heteroatoms. The van der Waals surface area contributed by atoms with Crippen LogP contribution < -0.4 is 5.73 Å². The van der Waals surface area contributed by atoms with Crippen LogP contribution in [-0.2, 0) is 19.9 Å². The highest BCUT2D eigenvalue weighted by atomic mass is 16.6. The number of unbranched alkanes of at least 4 members (excludes halogenated alkanes) is 3. The first-order valence-corrected chi connectivity index (χ1v) is 10.0. The van der Waals surface area contributed by atoms with E-state index in [1.165, 1.54) is 10.6 Å². The molecular formula is C20H24N6O5.